The number of imidazole rings is 1. The van der Waals surface area contributed by atoms with E-state index in [2.05, 4.69) is 16.4 Å². The molecule has 0 aliphatic heterocycles. The van der Waals surface area contributed by atoms with E-state index in [9.17, 15) is 9.59 Å². The summed E-state index contributed by atoms with van der Waals surface area (Å²) >= 11 is 0. The molecule has 2 N–H and O–H groups in total. The van der Waals surface area contributed by atoms with Gasteiger partial charge in [-0.2, -0.15) is 0 Å². The summed E-state index contributed by atoms with van der Waals surface area (Å²) in [6.07, 6.45) is 2.33. The lowest BCUT2D eigenvalue weighted by Gasteiger charge is -2.13. The molecule has 0 unspecified atom stereocenters. The van der Waals surface area contributed by atoms with E-state index in [0.29, 0.717) is 22.7 Å². The third kappa shape index (κ3) is 3.26. The molecule has 3 aromatic carbocycles. The van der Waals surface area contributed by atoms with E-state index >= 15 is 0 Å². The zero-order valence-corrected chi connectivity index (χ0v) is 16.5. The van der Waals surface area contributed by atoms with Crippen molar-refractivity contribution in [2.24, 2.45) is 0 Å². The molecule has 1 saturated carbocycles. The normalized spacial score (nSPS) is 13.4. The lowest BCUT2D eigenvalue weighted by atomic mass is 10.0. The molecule has 30 heavy (non-hydrogen) atoms. The lowest BCUT2D eigenvalue weighted by Crippen LogP contribution is -2.14. The van der Waals surface area contributed by atoms with E-state index in [1.54, 1.807) is 4.57 Å². The molecular formula is C24H21N3O3. The average molecular weight is 399 g/mol. The standard InChI is InChI=1S/C24H21N3O3/c1-30-23(28)19-13-16(15-7-8-15)9-11-20(19)25-17-10-12-22-21(14-17)26-24(29)27(22)18-5-3-2-4-6-18/h2-6,9-15,25H,7-8H2,1H3,(H,26,29). The summed E-state index contributed by atoms with van der Waals surface area (Å²) in [6.45, 7) is 0. The van der Waals surface area contributed by atoms with E-state index in [4.69, 9.17) is 4.74 Å². The number of methoxy groups -OCH3 is 1. The van der Waals surface area contributed by atoms with Crippen molar-refractivity contribution in [2.45, 2.75) is 18.8 Å². The average Bonchev–Trinajstić information content (AvgIpc) is 3.56. The summed E-state index contributed by atoms with van der Waals surface area (Å²) in [6, 6.07) is 21.0. The van der Waals surface area contributed by atoms with Gasteiger partial charge in [0.2, 0.25) is 0 Å². The third-order valence-electron chi connectivity index (χ3n) is 5.47. The number of benzene rings is 3. The smallest absolute Gasteiger partial charge is 0.339 e. The number of nitrogens with zero attached hydrogens (tertiary/aromatic N) is 1. The highest BCUT2D eigenvalue weighted by Crippen LogP contribution is 2.41. The molecule has 1 aromatic heterocycles. The number of rotatable bonds is 5. The van der Waals surface area contributed by atoms with Crippen molar-refractivity contribution in [3.8, 4) is 5.69 Å². The second kappa shape index (κ2) is 7.22. The van der Waals surface area contributed by atoms with Crippen LogP contribution in [-0.4, -0.2) is 22.6 Å². The predicted octanol–water partition coefficient (Wildman–Crippen LogP) is 4.73. The Bertz CT molecular complexity index is 1300. The van der Waals surface area contributed by atoms with Crippen LogP contribution in [0.4, 0.5) is 11.4 Å². The van der Waals surface area contributed by atoms with Crippen molar-refractivity contribution in [3.05, 3.63) is 88.3 Å². The van der Waals surface area contributed by atoms with Crippen molar-refractivity contribution in [3.63, 3.8) is 0 Å². The van der Waals surface area contributed by atoms with Crippen LogP contribution in [0.15, 0.2) is 71.5 Å². The van der Waals surface area contributed by atoms with Crippen LogP contribution in [0.25, 0.3) is 16.7 Å². The minimum absolute atomic E-state index is 0.197. The number of carbonyl (C=O) groups excluding carboxylic acids is 1. The summed E-state index contributed by atoms with van der Waals surface area (Å²) in [5, 5.41) is 3.30. The predicted molar refractivity (Wildman–Crippen MR) is 117 cm³/mol. The Morgan fingerprint density at radius 1 is 1.07 bits per heavy atom. The van der Waals surface area contributed by atoms with Gasteiger partial charge in [-0.15, -0.1) is 0 Å². The van der Waals surface area contributed by atoms with Gasteiger partial charge in [-0.3, -0.25) is 4.57 Å². The van der Waals surface area contributed by atoms with E-state index in [-0.39, 0.29) is 11.7 Å². The highest BCUT2D eigenvalue weighted by molar-refractivity contribution is 5.97. The fraction of sp³-hybridized carbons (Fsp3) is 0.167. The molecule has 6 heteroatoms. The second-order valence-corrected chi connectivity index (χ2v) is 7.53. The van der Waals surface area contributed by atoms with Gasteiger partial charge in [-0.1, -0.05) is 24.3 Å². The van der Waals surface area contributed by atoms with Crippen LogP contribution < -0.4 is 11.0 Å². The summed E-state index contributed by atoms with van der Waals surface area (Å²) in [5.74, 6) is 0.173. The lowest BCUT2D eigenvalue weighted by molar-refractivity contribution is 0.0602. The van der Waals surface area contributed by atoms with Gasteiger partial charge in [0.25, 0.3) is 0 Å². The van der Waals surface area contributed by atoms with Gasteiger partial charge in [-0.25, -0.2) is 9.59 Å². The molecular weight excluding hydrogens is 378 g/mol. The molecule has 0 amide bonds. The molecule has 4 aromatic rings. The molecule has 0 atom stereocenters. The monoisotopic (exact) mass is 399 g/mol. The Labute approximate surface area is 173 Å². The highest BCUT2D eigenvalue weighted by Gasteiger charge is 2.25. The Balaban J connectivity index is 1.52. The van der Waals surface area contributed by atoms with Crippen LogP contribution in [-0.2, 0) is 4.74 Å². The van der Waals surface area contributed by atoms with Gasteiger partial charge >= 0.3 is 11.7 Å². The molecule has 0 radical (unpaired) electrons. The first-order valence-corrected chi connectivity index (χ1v) is 9.93. The van der Waals surface area contributed by atoms with Crippen LogP contribution in [0.5, 0.6) is 0 Å². The van der Waals surface area contributed by atoms with Crippen LogP contribution in [0.3, 0.4) is 0 Å². The van der Waals surface area contributed by atoms with Crippen LogP contribution >= 0.6 is 0 Å². The molecule has 1 aliphatic rings. The fourth-order valence-electron chi connectivity index (χ4n) is 3.80. The van der Waals surface area contributed by atoms with Crippen molar-refractivity contribution in [1.29, 1.82) is 0 Å². The first kappa shape index (κ1) is 18.2. The van der Waals surface area contributed by atoms with E-state index in [1.807, 2.05) is 60.7 Å². The van der Waals surface area contributed by atoms with Gasteiger partial charge in [0.05, 0.1) is 35.1 Å². The number of fused-ring (bicyclic) bond motifs is 1. The summed E-state index contributed by atoms with van der Waals surface area (Å²) in [4.78, 5) is 27.8. The number of anilines is 2. The quantitative estimate of drug-likeness (QED) is 0.476. The Kier molecular flexibility index (Phi) is 4.39. The SMILES string of the molecule is COC(=O)c1cc(C2CC2)ccc1Nc1ccc2c(c1)[nH]c(=O)n2-c1ccccc1. The second-order valence-electron chi connectivity index (χ2n) is 7.53. The molecule has 0 saturated heterocycles. The fourth-order valence-corrected chi connectivity index (χ4v) is 3.80. The van der Waals surface area contributed by atoms with Crippen molar-refractivity contribution in [2.75, 3.05) is 12.4 Å². The van der Waals surface area contributed by atoms with Gasteiger partial charge in [0.1, 0.15) is 0 Å². The van der Waals surface area contributed by atoms with Crippen molar-refractivity contribution < 1.29 is 9.53 Å². The topological polar surface area (TPSA) is 76.1 Å². The van der Waals surface area contributed by atoms with E-state index < -0.39 is 0 Å². The molecule has 0 spiro atoms. The van der Waals surface area contributed by atoms with Gasteiger partial charge in [-0.05, 0) is 66.8 Å². The summed E-state index contributed by atoms with van der Waals surface area (Å²) in [7, 11) is 1.39. The van der Waals surface area contributed by atoms with Gasteiger partial charge in [0, 0.05) is 5.69 Å². The minimum atomic E-state index is -0.371. The number of esters is 1. The Hall–Kier alpha value is -3.80. The summed E-state index contributed by atoms with van der Waals surface area (Å²) < 4.78 is 6.62. The Morgan fingerprint density at radius 2 is 1.87 bits per heavy atom. The zero-order chi connectivity index (χ0) is 20.7. The third-order valence-corrected chi connectivity index (χ3v) is 5.47. The molecule has 150 valence electrons. The number of H-pyrrole nitrogens is 1. The largest absolute Gasteiger partial charge is 0.465 e. The number of aromatic amines is 1. The number of hydrogen-bond acceptors (Lipinski definition) is 4. The number of aromatic nitrogens is 2. The first-order chi connectivity index (χ1) is 14.6. The molecule has 5 rings (SSSR count). The van der Waals surface area contributed by atoms with E-state index in [0.717, 1.165) is 29.7 Å². The van der Waals surface area contributed by atoms with Crippen molar-refractivity contribution in [1.82, 2.24) is 9.55 Å². The molecule has 1 fully saturated rings. The summed E-state index contributed by atoms with van der Waals surface area (Å²) in [5.41, 5.74) is 5.23. The molecule has 1 heterocycles. The molecule has 0 bridgehead atoms. The number of carbonyl (C=O) groups is 1. The number of ether oxygens (including phenoxy) is 1. The number of hydrogen-bond donors (Lipinski definition) is 2. The zero-order valence-electron chi connectivity index (χ0n) is 16.5. The first-order valence-electron chi connectivity index (χ1n) is 9.93. The maximum Gasteiger partial charge on any atom is 0.339 e. The number of para-hydroxylation sites is 1. The van der Waals surface area contributed by atoms with Crippen LogP contribution in [0.2, 0.25) is 0 Å². The molecule has 1 aliphatic carbocycles. The van der Waals surface area contributed by atoms with Crippen LogP contribution in [0.1, 0.15) is 34.7 Å². The number of nitrogens with one attached hydrogen (secondary N) is 2. The van der Waals surface area contributed by atoms with E-state index in [1.165, 1.54) is 12.7 Å². The highest BCUT2D eigenvalue weighted by atomic mass is 16.5. The Morgan fingerprint density at radius 3 is 2.60 bits per heavy atom. The van der Waals surface area contributed by atoms with Crippen molar-refractivity contribution >= 4 is 28.4 Å². The molecule has 6 nitrogen and oxygen atoms in total. The van der Waals surface area contributed by atoms with Crippen LogP contribution in [0, 0.1) is 0 Å². The maximum absolute atomic E-state index is 12.5. The van der Waals surface area contributed by atoms with Gasteiger partial charge in [0.15, 0.2) is 0 Å². The maximum atomic E-state index is 12.5. The van der Waals surface area contributed by atoms with Gasteiger partial charge < -0.3 is 15.0 Å². The minimum Gasteiger partial charge on any atom is -0.465 e.